The normalized spacial score (nSPS) is 10.4. The molecule has 0 aliphatic rings. The smallest absolute Gasteiger partial charge is 0.350 e. The number of amides is 2. The van der Waals surface area contributed by atoms with E-state index in [1.54, 1.807) is 6.07 Å². The van der Waals surface area contributed by atoms with Crippen LogP contribution in [0.4, 0.5) is 10.5 Å². The van der Waals surface area contributed by atoms with Gasteiger partial charge >= 0.3 is 6.03 Å². The molecule has 2 rings (SSSR count). The average Bonchev–Trinajstić information content (AvgIpc) is 2.56. The lowest BCUT2D eigenvalue weighted by Gasteiger charge is -2.21. The van der Waals surface area contributed by atoms with Gasteiger partial charge in [0.25, 0.3) is 0 Å². The fraction of sp³-hybridized carbons (Fsp3) is 0.235. The molecule has 0 aliphatic carbocycles. The van der Waals surface area contributed by atoms with Crippen molar-refractivity contribution in [3.05, 3.63) is 57.1 Å². The van der Waals surface area contributed by atoms with Gasteiger partial charge in [-0.05, 0) is 55.7 Å². The van der Waals surface area contributed by atoms with Crippen LogP contribution < -0.4 is 26.9 Å². The molecule has 0 atom stereocenters. The summed E-state index contributed by atoms with van der Waals surface area (Å²) in [5.74, 6) is 11.8. The molecule has 128 valence electrons. The molecule has 7 heteroatoms. The Balaban J connectivity index is 2.30. The highest BCUT2D eigenvalue weighted by atomic mass is 79.9. The second-order valence-electron chi connectivity index (χ2n) is 5.55. The molecule has 0 saturated heterocycles. The molecule has 0 spiro atoms. The number of ether oxygens (including phenoxy) is 1. The number of carbonyl (C=O) groups is 1. The maximum absolute atomic E-state index is 11.7. The molecule has 5 N–H and O–H groups in total. The second-order valence-corrected chi connectivity index (χ2v) is 6.40. The zero-order valence-electron chi connectivity index (χ0n) is 13.9. The first-order valence-corrected chi connectivity index (χ1v) is 8.18. The minimum absolute atomic E-state index is 0.287. The summed E-state index contributed by atoms with van der Waals surface area (Å²) in [5, 5.41) is 0.978. The summed E-state index contributed by atoms with van der Waals surface area (Å²) in [7, 11) is 0. The van der Waals surface area contributed by atoms with Crippen LogP contribution >= 0.6 is 15.9 Å². The van der Waals surface area contributed by atoms with Crippen LogP contribution in [0, 0.1) is 20.8 Å². The van der Waals surface area contributed by atoms with E-state index in [-0.39, 0.29) is 6.61 Å². The first kappa shape index (κ1) is 18.3. The summed E-state index contributed by atoms with van der Waals surface area (Å²) in [6.07, 6.45) is 0. The van der Waals surface area contributed by atoms with Crippen LogP contribution in [0.15, 0.2) is 34.8 Å². The van der Waals surface area contributed by atoms with E-state index in [0.29, 0.717) is 5.69 Å². The summed E-state index contributed by atoms with van der Waals surface area (Å²) in [6.45, 7) is 6.21. The van der Waals surface area contributed by atoms with Crippen LogP contribution in [-0.2, 0) is 6.61 Å². The minimum atomic E-state index is -0.600. The number of benzene rings is 2. The number of hydrogen-bond acceptors (Lipinski definition) is 4. The highest BCUT2D eigenvalue weighted by Gasteiger charge is 2.16. The van der Waals surface area contributed by atoms with E-state index in [1.165, 1.54) is 0 Å². The van der Waals surface area contributed by atoms with Crippen molar-refractivity contribution in [1.29, 1.82) is 0 Å². The van der Waals surface area contributed by atoms with Gasteiger partial charge in [-0.25, -0.2) is 21.5 Å². The number of nitrogens with two attached hydrogens (primary N) is 2. The Labute approximate surface area is 149 Å². The van der Waals surface area contributed by atoms with Crippen LogP contribution in [0.1, 0.15) is 22.3 Å². The first-order chi connectivity index (χ1) is 11.3. The molecule has 6 nitrogen and oxygen atoms in total. The molecule has 0 heterocycles. The van der Waals surface area contributed by atoms with Crippen molar-refractivity contribution in [2.24, 2.45) is 11.7 Å². The number of halogens is 1. The van der Waals surface area contributed by atoms with Crippen molar-refractivity contribution in [1.82, 2.24) is 5.43 Å². The highest BCUT2D eigenvalue weighted by molar-refractivity contribution is 9.10. The standard InChI is InChI=1S/C17H21BrN4O2/c1-10-5-4-6-15(22(20)17(23)21-19)13(10)9-24-16-8-11(2)14(18)7-12(16)3/h4-8H,9,19-20H2,1-3H3,(H,21,23). The summed E-state index contributed by atoms with van der Waals surface area (Å²) < 4.78 is 7.02. The summed E-state index contributed by atoms with van der Waals surface area (Å²) in [4.78, 5) is 11.7. The lowest BCUT2D eigenvalue weighted by atomic mass is 10.1. The maximum Gasteiger partial charge on any atom is 0.350 e. The van der Waals surface area contributed by atoms with Crippen molar-refractivity contribution in [2.45, 2.75) is 27.4 Å². The van der Waals surface area contributed by atoms with Gasteiger partial charge in [0.05, 0.1) is 5.69 Å². The lowest BCUT2D eigenvalue weighted by Crippen LogP contribution is -2.48. The largest absolute Gasteiger partial charge is 0.489 e. The van der Waals surface area contributed by atoms with Crippen LogP contribution in [0.5, 0.6) is 5.75 Å². The molecule has 0 radical (unpaired) electrons. The van der Waals surface area contributed by atoms with Gasteiger partial charge < -0.3 is 4.74 Å². The van der Waals surface area contributed by atoms with E-state index in [4.69, 9.17) is 16.4 Å². The van der Waals surface area contributed by atoms with Crippen molar-refractivity contribution < 1.29 is 9.53 Å². The van der Waals surface area contributed by atoms with Crippen molar-refractivity contribution in [2.75, 3.05) is 5.01 Å². The second kappa shape index (κ2) is 7.65. The summed E-state index contributed by atoms with van der Waals surface area (Å²) in [6, 6.07) is 8.91. The van der Waals surface area contributed by atoms with Gasteiger partial charge in [-0.3, -0.25) is 5.43 Å². The van der Waals surface area contributed by atoms with Gasteiger partial charge in [0.2, 0.25) is 0 Å². The molecule has 2 aromatic carbocycles. The predicted octanol–water partition coefficient (Wildman–Crippen LogP) is 3.22. The van der Waals surface area contributed by atoms with E-state index in [0.717, 1.165) is 37.5 Å². The summed E-state index contributed by atoms with van der Waals surface area (Å²) >= 11 is 3.51. The fourth-order valence-corrected chi connectivity index (χ4v) is 2.80. The Hall–Kier alpha value is -2.09. The molecule has 24 heavy (non-hydrogen) atoms. The molecular formula is C17H21BrN4O2. The molecule has 0 saturated carbocycles. The molecule has 0 unspecified atom stereocenters. The van der Waals surface area contributed by atoms with Gasteiger partial charge in [0, 0.05) is 10.0 Å². The number of urea groups is 1. The third-order valence-corrected chi connectivity index (χ3v) is 4.67. The van der Waals surface area contributed by atoms with Crippen molar-refractivity contribution in [3.63, 3.8) is 0 Å². The number of rotatable bonds is 4. The van der Waals surface area contributed by atoms with Crippen LogP contribution in [0.3, 0.4) is 0 Å². The number of carbonyl (C=O) groups excluding carboxylic acids is 1. The Morgan fingerprint density at radius 1 is 1.21 bits per heavy atom. The van der Waals surface area contributed by atoms with Crippen molar-refractivity contribution >= 4 is 27.6 Å². The topological polar surface area (TPSA) is 93.6 Å². The molecular weight excluding hydrogens is 372 g/mol. The Morgan fingerprint density at radius 3 is 2.58 bits per heavy atom. The van der Waals surface area contributed by atoms with Crippen LogP contribution in [-0.4, -0.2) is 6.03 Å². The van der Waals surface area contributed by atoms with E-state index in [2.05, 4.69) is 15.9 Å². The predicted molar refractivity (Wildman–Crippen MR) is 98.5 cm³/mol. The average molecular weight is 393 g/mol. The van der Waals surface area contributed by atoms with E-state index < -0.39 is 6.03 Å². The Morgan fingerprint density at radius 2 is 1.92 bits per heavy atom. The SMILES string of the molecule is Cc1cc(OCc2c(C)cccc2N(N)C(=O)NN)c(C)cc1Br. The minimum Gasteiger partial charge on any atom is -0.489 e. The monoisotopic (exact) mass is 392 g/mol. The van der Waals surface area contributed by atoms with Crippen LogP contribution in [0.25, 0.3) is 0 Å². The first-order valence-electron chi connectivity index (χ1n) is 7.38. The molecule has 0 bridgehead atoms. The van der Waals surface area contributed by atoms with Gasteiger partial charge in [-0.1, -0.05) is 28.1 Å². The highest BCUT2D eigenvalue weighted by Crippen LogP contribution is 2.29. The number of hydrazine groups is 2. The molecule has 2 amide bonds. The zero-order chi connectivity index (χ0) is 17.9. The number of nitrogens with one attached hydrogen (secondary N) is 1. The number of anilines is 1. The number of hydrogen-bond donors (Lipinski definition) is 3. The van der Waals surface area contributed by atoms with E-state index >= 15 is 0 Å². The van der Waals surface area contributed by atoms with Crippen molar-refractivity contribution in [3.8, 4) is 5.75 Å². The summed E-state index contributed by atoms with van der Waals surface area (Å²) in [5.41, 5.74) is 6.47. The quantitative estimate of drug-likeness (QED) is 0.423. The molecule has 0 aliphatic heterocycles. The van der Waals surface area contributed by atoms with Gasteiger partial charge in [-0.15, -0.1) is 0 Å². The van der Waals surface area contributed by atoms with Gasteiger partial charge in [0.1, 0.15) is 12.4 Å². The lowest BCUT2D eigenvalue weighted by molar-refractivity contribution is 0.246. The molecule has 0 fully saturated rings. The van der Waals surface area contributed by atoms with Crippen LogP contribution in [0.2, 0.25) is 0 Å². The number of aryl methyl sites for hydroxylation is 3. The maximum atomic E-state index is 11.7. The third-order valence-electron chi connectivity index (χ3n) is 3.82. The fourth-order valence-electron chi connectivity index (χ4n) is 2.34. The van der Waals surface area contributed by atoms with E-state index in [1.807, 2.05) is 50.5 Å². The van der Waals surface area contributed by atoms with Gasteiger partial charge in [0.15, 0.2) is 0 Å². The van der Waals surface area contributed by atoms with Gasteiger partial charge in [-0.2, -0.15) is 0 Å². The number of nitrogens with zero attached hydrogens (tertiary/aromatic N) is 1. The Kier molecular flexibility index (Phi) is 5.82. The zero-order valence-corrected chi connectivity index (χ0v) is 15.5. The molecule has 0 aromatic heterocycles. The third kappa shape index (κ3) is 3.87. The molecule has 2 aromatic rings. The Bertz CT molecular complexity index is 764. The van der Waals surface area contributed by atoms with E-state index in [9.17, 15) is 4.79 Å².